The molecular weight excluding hydrogens is 351 g/mol. The highest BCUT2D eigenvalue weighted by atomic mass is 35.5. The third-order valence-corrected chi connectivity index (χ3v) is 4.40. The lowest BCUT2D eigenvalue weighted by Crippen LogP contribution is -2.33. The number of carbonyl (C=O) groups excluding carboxylic acids is 1. The second-order valence-electron chi connectivity index (χ2n) is 5.77. The van der Waals surface area contributed by atoms with E-state index in [4.69, 9.17) is 32.7 Å². The molecule has 0 aromatic heterocycles. The fraction of sp³-hybridized carbons (Fsp3) is 0.588. The second kappa shape index (κ2) is 9.97. The molecule has 1 aromatic rings. The first-order valence-corrected chi connectivity index (χ1v) is 9.13. The van der Waals surface area contributed by atoms with Crippen LogP contribution in [0.2, 0.25) is 10.0 Å². The van der Waals surface area contributed by atoms with Crippen molar-refractivity contribution in [3.05, 3.63) is 22.2 Å². The molecule has 0 atom stereocenters. The highest BCUT2D eigenvalue weighted by molar-refractivity contribution is 6.39. The van der Waals surface area contributed by atoms with Gasteiger partial charge < -0.3 is 9.47 Å². The van der Waals surface area contributed by atoms with Gasteiger partial charge in [0.2, 0.25) is 0 Å². The number of piperidine rings is 1. The molecule has 0 spiro atoms. The molecule has 1 saturated heterocycles. The van der Waals surface area contributed by atoms with Gasteiger partial charge in [-0.1, -0.05) is 36.5 Å². The first-order chi connectivity index (χ1) is 11.6. The summed E-state index contributed by atoms with van der Waals surface area (Å²) < 4.78 is 10.7. The van der Waals surface area contributed by atoms with E-state index in [2.05, 4.69) is 10.2 Å². The van der Waals surface area contributed by atoms with E-state index < -0.39 is 6.09 Å². The molecule has 0 radical (unpaired) electrons. The predicted molar refractivity (Wildman–Crippen MR) is 97.5 cm³/mol. The van der Waals surface area contributed by atoms with E-state index in [1.165, 1.54) is 19.3 Å². The zero-order valence-corrected chi connectivity index (χ0v) is 15.5. The zero-order chi connectivity index (χ0) is 17.4. The van der Waals surface area contributed by atoms with Crippen LogP contribution >= 0.6 is 23.2 Å². The molecule has 1 N–H and O–H groups in total. The Morgan fingerprint density at radius 3 is 2.46 bits per heavy atom. The Morgan fingerprint density at radius 1 is 1.17 bits per heavy atom. The lowest BCUT2D eigenvalue weighted by atomic mass is 10.1. The molecular formula is C17H24Cl2N2O3. The van der Waals surface area contributed by atoms with Crippen molar-refractivity contribution in [3.8, 4) is 5.75 Å². The fourth-order valence-electron chi connectivity index (χ4n) is 2.56. The topological polar surface area (TPSA) is 50.8 Å². The van der Waals surface area contributed by atoms with Crippen molar-refractivity contribution >= 4 is 35.0 Å². The predicted octanol–water partition coefficient (Wildman–Crippen LogP) is 4.82. The largest absolute Gasteiger partial charge is 0.493 e. The molecule has 1 aliphatic heterocycles. The van der Waals surface area contributed by atoms with Crippen LogP contribution in [0.15, 0.2) is 12.1 Å². The van der Waals surface area contributed by atoms with Crippen LogP contribution in [0.3, 0.4) is 0 Å². The molecule has 1 aromatic carbocycles. The number of benzene rings is 1. The lowest BCUT2D eigenvalue weighted by molar-refractivity contribution is 0.131. The average molecular weight is 375 g/mol. The maximum atomic E-state index is 11.9. The molecule has 1 fully saturated rings. The van der Waals surface area contributed by atoms with Gasteiger partial charge in [-0.2, -0.15) is 0 Å². The molecule has 0 unspecified atom stereocenters. The average Bonchev–Trinajstić information content (AvgIpc) is 2.57. The number of amides is 1. The summed E-state index contributed by atoms with van der Waals surface area (Å²) in [6.45, 7) is 5.83. The van der Waals surface area contributed by atoms with E-state index in [0.717, 1.165) is 26.1 Å². The second-order valence-corrected chi connectivity index (χ2v) is 6.59. The molecule has 1 heterocycles. The molecule has 1 amide bonds. The number of anilines is 1. The number of ether oxygens (including phenoxy) is 2. The van der Waals surface area contributed by atoms with Crippen molar-refractivity contribution in [2.75, 3.05) is 38.2 Å². The van der Waals surface area contributed by atoms with Gasteiger partial charge in [0, 0.05) is 18.7 Å². The van der Waals surface area contributed by atoms with Crippen molar-refractivity contribution in [3.63, 3.8) is 0 Å². The molecule has 134 valence electrons. The first-order valence-electron chi connectivity index (χ1n) is 8.38. The van der Waals surface area contributed by atoms with Gasteiger partial charge in [0.05, 0.1) is 22.3 Å². The summed E-state index contributed by atoms with van der Waals surface area (Å²) in [6, 6.07) is 3.26. The van der Waals surface area contributed by atoms with Crippen molar-refractivity contribution in [2.24, 2.45) is 0 Å². The molecule has 2 rings (SSSR count). The van der Waals surface area contributed by atoms with E-state index in [9.17, 15) is 4.79 Å². The van der Waals surface area contributed by atoms with Crippen LogP contribution in [-0.2, 0) is 4.74 Å². The van der Waals surface area contributed by atoms with E-state index in [1.807, 2.05) is 6.92 Å². The maximum Gasteiger partial charge on any atom is 0.411 e. The van der Waals surface area contributed by atoms with Crippen molar-refractivity contribution in [1.82, 2.24) is 4.90 Å². The minimum absolute atomic E-state index is 0.321. The lowest BCUT2D eigenvalue weighted by Gasteiger charge is -2.25. The van der Waals surface area contributed by atoms with Crippen molar-refractivity contribution < 1.29 is 14.3 Å². The van der Waals surface area contributed by atoms with Gasteiger partial charge in [-0.05, 0) is 32.4 Å². The normalized spacial score (nSPS) is 15.1. The summed E-state index contributed by atoms with van der Waals surface area (Å²) in [7, 11) is 0. The third kappa shape index (κ3) is 6.04. The van der Waals surface area contributed by atoms with E-state index in [-0.39, 0.29) is 0 Å². The number of nitrogens with one attached hydrogen (secondary N) is 1. The summed E-state index contributed by atoms with van der Waals surface area (Å²) in [5, 5.41) is 3.24. The van der Waals surface area contributed by atoms with Crippen molar-refractivity contribution in [1.29, 1.82) is 0 Å². The van der Waals surface area contributed by atoms with E-state index in [1.54, 1.807) is 12.1 Å². The first kappa shape index (κ1) is 19.2. The summed E-state index contributed by atoms with van der Waals surface area (Å²) >= 11 is 12.3. The Hall–Kier alpha value is -1.17. The fourth-order valence-corrected chi connectivity index (χ4v) is 3.12. The number of halogens is 2. The summed E-state index contributed by atoms with van der Waals surface area (Å²) in [5.41, 5.74) is 0.338. The van der Waals surface area contributed by atoms with Crippen LogP contribution < -0.4 is 10.1 Å². The Kier molecular flexibility index (Phi) is 7.95. The Bertz CT molecular complexity index is 526. The van der Waals surface area contributed by atoms with Crippen LogP contribution in [0, 0.1) is 0 Å². The van der Waals surface area contributed by atoms with Crippen molar-refractivity contribution in [2.45, 2.75) is 32.6 Å². The van der Waals surface area contributed by atoms with Gasteiger partial charge in [-0.3, -0.25) is 10.2 Å². The number of carbonyl (C=O) groups is 1. The van der Waals surface area contributed by atoms with Gasteiger partial charge >= 0.3 is 6.09 Å². The van der Waals surface area contributed by atoms with Gasteiger partial charge in [0.25, 0.3) is 0 Å². The number of rotatable bonds is 7. The summed E-state index contributed by atoms with van der Waals surface area (Å²) in [6.07, 6.45) is 4.04. The molecule has 7 heteroatoms. The zero-order valence-electron chi connectivity index (χ0n) is 13.9. The van der Waals surface area contributed by atoms with Crippen LogP contribution in [0.25, 0.3) is 0 Å². The van der Waals surface area contributed by atoms with Crippen LogP contribution in [0.4, 0.5) is 10.5 Å². The molecule has 0 aliphatic carbocycles. The molecule has 0 saturated carbocycles. The van der Waals surface area contributed by atoms with Crippen LogP contribution in [-0.4, -0.2) is 43.8 Å². The molecule has 24 heavy (non-hydrogen) atoms. The maximum absolute atomic E-state index is 11.9. The molecule has 5 nitrogen and oxygen atoms in total. The summed E-state index contributed by atoms with van der Waals surface area (Å²) in [5.74, 6) is 0.580. The Balaban J connectivity index is 1.82. The van der Waals surface area contributed by atoms with Crippen LogP contribution in [0.1, 0.15) is 32.6 Å². The highest BCUT2D eigenvalue weighted by Gasteiger charge is 2.14. The van der Waals surface area contributed by atoms with E-state index in [0.29, 0.717) is 34.7 Å². The summed E-state index contributed by atoms with van der Waals surface area (Å²) in [4.78, 5) is 14.2. The molecule has 0 bridgehead atoms. The number of likely N-dealkylation sites (tertiary alicyclic amines) is 1. The van der Waals surface area contributed by atoms with Crippen LogP contribution in [0.5, 0.6) is 5.75 Å². The molecule has 1 aliphatic rings. The number of hydrogen-bond acceptors (Lipinski definition) is 4. The minimum Gasteiger partial charge on any atom is -0.493 e. The van der Waals surface area contributed by atoms with E-state index >= 15 is 0 Å². The van der Waals surface area contributed by atoms with Gasteiger partial charge in [0.1, 0.15) is 12.4 Å². The Morgan fingerprint density at radius 2 is 1.83 bits per heavy atom. The third-order valence-electron chi connectivity index (χ3n) is 3.80. The quantitative estimate of drug-likeness (QED) is 0.743. The highest BCUT2D eigenvalue weighted by Crippen LogP contribution is 2.35. The monoisotopic (exact) mass is 374 g/mol. The smallest absolute Gasteiger partial charge is 0.411 e. The number of nitrogens with zero attached hydrogens (tertiary/aromatic N) is 1. The Labute approximate surface area is 153 Å². The number of hydrogen-bond donors (Lipinski definition) is 1. The minimum atomic E-state index is -0.557. The van der Waals surface area contributed by atoms with Gasteiger partial charge in [-0.25, -0.2) is 4.79 Å². The van der Waals surface area contributed by atoms with Gasteiger partial charge in [-0.15, -0.1) is 0 Å². The SMILES string of the molecule is CCCOc1cc(Cl)c(NC(=O)OCCN2CCCCC2)c(Cl)c1. The van der Waals surface area contributed by atoms with Gasteiger partial charge in [0.15, 0.2) is 0 Å². The standard InChI is InChI=1S/C17H24Cl2N2O3/c1-2-9-23-13-11-14(18)16(15(19)12-13)20-17(22)24-10-8-21-6-4-3-5-7-21/h11-12H,2-10H2,1H3,(H,20,22).